The van der Waals surface area contributed by atoms with Crippen LogP contribution in [0.15, 0.2) is 0 Å². The van der Waals surface area contributed by atoms with Crippen LogP contribution in [0.25, 0.3) is 0 Å². The van der Waals surface area contributed by atoms with Gasteiger partial charge in [-0.2, -0.15) is 0 Å². The molecule has 0 saturated heterocycles. The van der Waals surface area contributed by atoms with E-state index in [1.165, 1.54) is 7.05 Å². The molecule has 0 heterocycles. The Labute approximate surface area is 93.4 Å². The number of carbonyl (C=O) groups is 3. The summed E-state index contributed by atoms with van der Waals surface area (Å²) in [5.41, 5.74) is -0.529. The third-order valence-electron chi connectivity index (χ3n) is 3.08. The van der Waals surface area contributed by atoms with Gasteiger partial charge in [0, 0.05) is 7.05 Å². The van der Waals surface area contributed by atoms with E-state index in [0.29, 0.717) is 0 Å². The summed E-state index contributed by atoms with van der Waals surface area (Å²) in [5, 5.41) is 13.7. The Morgan fingerprint density at radius 1 is 1.25 bits per heavy atom. The lowest BCUT2D eigenvalue weighted by Gasteiger charge is -2.04. The maximum Gasteiger partial charge on any atom is 0.307 e. The summed E-state index contributed by atoms with van der Waals surface area (Å²) in [4.78, 5) is 33.3. The summed E-state index contributed by atoms with van der Waals surface area (Å²) in [7, 11) is 1.47. The molecule has 6 heteroatoms. The van der Waals surface area contributed by atoms with Crippen LogP contribution in [0.2, 0.25) is 0 Å². The number of carboxylic acid groups (broad SMARTS) is 1. The zero-order valence-electron chi connectivity index (χ0n) is 9.53. The van der Waals surface area contributed by atoms with Gasteiger partial charge in [-0.3, -0.25) is 14.4 Å². The summed E-state index contributed by atoms with van der Waals surface area (Å²) >= 11 is 0. The Balaban J connectivity index is 2.51. The van der Waals surface area contributed by atoms with Crippen LogP contribution in [0.4, 0.5) is 0 Å². The van der Waals surface area contributed by atoms with Crippen LogP contribution in [-0.2, 0) is 14.4 Å². The van der Waals surface area contributed by atoms with Gasteiger partial charge in [-0.15, -0.1) is 0 Å². The van der Waals surface area contributed by atoms with E-state index in [4.69, 9.17) is 5.11 Å². The quantitative estimate of drug-likeness (QED) is 0.587. The lowest BCUT2D eigenvalue weighted by atomic mass is 10.1. The van der Waals surface area contributed by atoms with Gasteiger partial charge in [-0.05, 0) is 5.41 Å². The van der Waals surface area contributed by atoms with Crippen LogP contribution in [0.5, 0.6) is 0 Å². The summed E-state index contributed by atoms with van der Waals surface area (Å²) < 4.78 is 0. The minimum absolute atomic E-state index is 0.117. The van der Waals surface area contributed by atoms with Gasteiger partial charge in [0.05, 0.1) is 18.4 Å². The molecule has 1 fully saturated rings. The standard InChI is InChI=1S/C10H16N2O4/c1-10(2)6(7(10)9(15)16)8(14)12-4-5(13)11-3/h6-7H,4H2,1-3H3,(H,11,13)(H,12,14)(H,15,16). The van der Waals surface area contributed by atoms with Crippen molar-refractivity contribution in [3.05, 3.63) is 0 Å². The normalized spacial score (nSPS) is 25.7. The molecule has 0 radical (unpaired) electrons. The fourth-order valence-electron chi connectivity index (χ4n) is 1.95. The highest BCUT2D eigenvalue weighted by Crippen LogP contribution is 2.58. The molecule has 1 saturated carbocycles. The van der Waals surface area contributed by atoms with E-state index in [2.05, 4.69) is 10.6 Å². The van der Waals surface area contributed by atoms with Crippen LogP contribution >= 0.6 is 0 Å². The molecule has 0 spiro atoms. The van der Waals surface area contributed by atoms with Crippen molar-refractivity contribution in [2.75, 3.05) is 13.6 Å². The molecule has 1 aliphatic carbocycles. The summed E-state index contributed by atoms with van der Waals surface area (Å²) in [5.74, 6) is -2.85. The minimum Gasteiger partial charge on any atom is -0.481 e. The van der Waals surface area contributed by atoms with Gasteiger partial charge in [-0.1, -0.05) is 13.8 Å². The van der Waals surface area contributed by atoms with E-state index in [1.807, 2.05) is 0 Å². The average molecular weight is 228 g/mol. The van der Waals surface area contributed by atoms with Gasteiger partial charge in [-0.25, -0.2) is 0 Å². The lowest BCUT2D eigenvalue weighted by Crippen LogP contribution is -2.36. The second-order valence-electron chi connectivity index (χ2n) is 4.51. The first-order valence-corrected chi connectivity index (χ1v) is 5.03. The minimum atomic E-state index is -0.968. The van der Waals surface area contributed by atoms with Gasteiger partial charge < -0.3 is 15.7 Å². The Morgan fingerprint density at radius 2 is 1.81 bits per heavy atom. The second kappa shape index (κ2) is 4.11. The molecule has 6 nitrogen and oxygen atoms in total. The van der Waals surface area contributed by atoms with Crippen molar-refractivity contribution in [1.29, 1.82) is 0 Å². The molecule has 2 amide bonds. The molecule has 1 aliphatic rings. The molecular formula is C10H16N2O4. The smallest absolute Gasteiger partial charge is 0.307 e. The van der Waals surface area contributed by atoms with Gasteiger partial charge in [0.1, 0.15) is 0 Å². The van der Waals surface area contributed by atoms with E-state index < -0.39 is 23.2 Å². The van der Waals surface area contributed by atoms with Crippen LogP contribution in [-0.4, -0.2) is 36.5 Å². The highest BCUT2D eigenvalue weighted by Gasteiger charge is 2.65. The van der Waals surface area contributed by atoms with Gasteiger partial charge in [0.25, 0.3) is 0 Å². The second-order valence-corrected chi connectivity index (χ2v) is 4.51. The monoisotopic (exact) mass is 228 g/mol. The number of hydrogen-bond donors (Lipinski definition) is 3. The number of hydrogen-bond acceptors (Lipinski definition) is 3. The first-order valence-electron chi connectivity index (χ1n) is 5.03. The molecule has 1 rings (SSSR count). The maximum absolute atomic E-state index is 11.6. The zero-order chi connectivity index (χ0) is 12.5. The predicted octanol–water partition coefficient (Wildman–Crippen LogP) is -0.795. The number of likely N-dealkylation sites (N-methyl/N-ethyl adjacent to an activating group) is 1. The van der Waals surface area contributed by atoms with Crippen molar-refractivity contribution in [3.8, 4) is 0 Å². The topological polar surface area (TPSA) is 95.5 Å². The average Bonchev–Trinajstić information content (AvgIpc) is 2.77. The number of aliphatic carboxylic acids is 1. The Morgan fingerprint density at radius 3 is 2.19 bits per heavy atom. The molecule has 3 N–H and O–H groups in total. The van der Waals surface area contributed by atoms with Crippen LogP contribution in [0, 0.1) is 17.3 Å². The maximum atomic E-state index is 11.6. The first kappa shape index (κ1) is 12.5. The first-order chi connectivity index (χ1) is 7.32. The van der Waals surface area contributed by atoms with Crippen molar-refractivity contribution in [2.45, 2.75) is 13.8 Å². The third-order valence-corrected chi connectivity index (χ3v) is 3.08. The molecule has 90 valence electrons. The highest BCUT2D eigenvalue weighted by molar-refractivity contribution is 5.93. The summed E-state index contributed by atoms with van der Waals surface area (Å²) in [6.07, 6.45) is 0. The van der Waals surface area contributed by atoms with Crippen molar-refractivity contribution >= 4 is 17.8 Å². The molecule has 16 heavy (non-hydrogen) atoms. The van der Waals surface area contributed by atoms with Crippen LogP contribution in [0.1, 0.15) is 13.8 Å². The Kier molecular flexibility index (Phi) is 3.21. The van der Waals surface area contributed by atoms with E-state index in [9.17, 15) is 14.4 Å². The fourth-order valence-corrected chi connectivity index (χ4v) is 1.95. The van der Waals surface area contributed by atoms with E-state index >= 15 is 0 Å². The van der Waals surface area contributed by atoms with Crippen molar-refractivity contribution in [3.63, 3.8) is 0 Å². The van der Waals surface area contributed by atoms with Crippen LogP contribution < -0.4 is 10.6 Å². The van der Waals surface area contributed by atoms with Crippen molar-refractivity contribution in [2.24, 2.45) is 17.3 Å². The molecular weight excluding hydrogens is 212 g/mol. The van der Waals surface area contributed by atoms with E-state index in [0.717, 1.165) is 0 Å². The molecule has 2 unspecified atom stereocenters. The Bertz CT molecular complexity index is 338. The van der Waals surface area contributed by atoms with Gasteiger partial charge in [0.15, 0.2) is 0 Å². The Hall–Kier alpha value is -1.59. The van der Waals surface area contributed by atoms with Gasteiger partial charge in [0.2, 0.25) is 11.8 Å². The summed E-state index contributed by atoms with van der Waals surface area (Å²) in [6, 6.07) is 0. The van der Waals surface area contributed by atoms with Crippen molar-refractivity contribution < 1.29 is 19.5 Å². The fraction of sp³-hybridized carbons (Fsp3) is 0.700. The number of nitrogens with one attached hydrogen (secondary N) is 2. The van der Waals surface area contributed by atoms with Crippen LogP contribution in [0.3, 0.4) is 0 Å². The predicted molar refractivity (Wildman–Crippen MR) is 55.5 cm³/mol. The number of amides is 2. The summed E-state index contributed by atoms with van der Waals surface area (Å²) in [6.45, 7) is 3.35. The third kappa shape index (κ3) is 2.15. The molecule has 0 aliphatic heterocycles. The SMILES string of the molecule is CNC(=O)CNC(=O)C1C(C(=O)O)C1(C)C. The zero-order valence-corrected chi connectivity index (χ0v) is 9.53. The number of rotatable bonds is 4. The number of carboxylic acids is 1. The molecule has 0 aromatic heterocycles. The van der Waals surface area contributed by atoms with E-state index in [-0.39, 0.29) is 18.4 Å². The highest BCUT2D eigenvalue weighted by atomic mass is 16.4. The van der Waals surface area contributed by atoms with Gasteiger partial charge >= 0.3 is 5.97 Å². The molecule has 0 aromatic carbocycles. The number of carbonyl (C=O) groups excluding carboxylic acids is 2. The molecule has 0 bridgehead atoms. The lowest BCUT2D eigenvalue weighted by molar-refractivity contribution is -0.140. The van der Waals surface area contributed by atoms with Crippen molar-refractivity contribution in [1.82, 2.24) is 10.6 Å². The van der Waals surface area contributed by atoms with E-state index in [1.54, 1.807) is 13.8 Å². The molecule has 2 atom stereocenters. The largest absolute Gasteiger partial charge is 0.481 e. The molecule has 0 aromatic rings.